The van der Waals surface area contributed by atoms with Crippen molar-refractivity contribution < 1.29 is 4.52 Å². The predicted molar refractivity (Wildman–Crippen MR) is 76.7 cm³/mol. The summed E-state index contributed by atoms with van der Waals surface area (Å²) in [6, 6.07) is 10.2. The highest BCUT2D eigenvalue weighted by atomic mass is 16.5. The van der Waals surface area contributed by atoms with Crippen molar-refractivity contribution >= 4 is 5.88 Å². The molecule has 1 aliphatic carbocycles. The molecule has 2 aromatic rings. The number of nitrogens with zero attached hydrogens (tertiary/aromatic N) is 1. The van der Waals surface area contributed by atoms with E-state index < -0.39 is 0 Å². The lowest BCUT2D eigenvalue weighted by Crippen LogP contribution is -2.16. The van der Waals surface area contributed by atoms with E-state index in [1.807, 2.05) is 18.2 Å². The molecule has 1 atom stereocenters. The normalized spacial score (nSPS) is 21.7. The summed E-state index contributed by atoms with van der Waals surface area (Å²) in [5.74, 6) is 0.868. The van der Waals surface area contributed by atoms with Crippen LogP contribution in [0.3, 0.4) is 0 Å². The molecule has 2 N–H and O–H groups in total. The van der Waals surface area contributed by atoms with E-state index in [4.69, 9.17) is 10.3 Å². The first-order valence-electron chi connectivity index (χ1n) is 6.90. The summed E-state index contributed by atoms with van der Waals surface area (Å²) >= 11 is 0. The lowest BCUT2D eigenvalue weighted by atomic mass is 9.78. The number of anilines is 1. The van der Waals surface area contributed by atoms with Crippen LogP contribution in [0.2, 0.25) is 0 Å². The number of nitrogen functional groups attached to an aromatic ring is 1. The molecule has 0 radical (unpaired) electrons. The zero-order valence-electron chi connectivity index (χ0n) is 11.5. The van der Waals surface area contributed by atoms with Crippen LogP contribution in [0.4, 0.5) is 5.88 Å². The number of aromatic nitrogens is 1. The van der Waals surface area contributed by atoms with Crippen molar-refractivity contribution in [3.05, 3.63) is 36.0 Å². The molecule has 1 heterocycles. The Kier molecular flexibility index (Phi) is 2.85. The molecule has 0 aliphatic heterocycles. The summed E-state index contributed by atoms with van der Waals surface area (Å²) in [6.07, 6.45) is 3.65. The van der Waals surface area contributed by atoms with Crippen molar-refractivity contribution in [2.75, 3.05) is 5.73 Å². The fourth-order valence-corrected chi connectivity index (χ4v) is 3.28. The maximum absolute atomic E-state index is 6.00. The van der Waals surface area contributed by atoms with E-state index in [2.05, 4.69) is 31.1 Å². The Morgan fingerprint density at radius 3 is 2.63 bits per heavy atom. The Morgan fingerprint density at radius 2 is 2.00 bits per heavy atom. The van der Waals surface area contributed by atoms with E-state index in [1.54, 1.807) is 0 Å². The van der Waals surface area contributed by atoms with Crippen LogP contribution in [0.15, 0.2) is 34.9 Å². The summed E-state index contributed by atoms with van der Waals surface area (Å²) in [4.78, 5) is 0. The SMILES string of the molecule is CC1(C)CCCC1c1noc(N)c1-c1ccccc1. The van der Waals surface area contributed by atoms with Crippen LogP contribution in [0.5, 0.6) is 0 Å². The van der Waals surface area contributed by atoms with Crippen LogP contribution in [0, 0.1) is 5.41 Å². The molecule has 100 valence electrons. The van der Waals surface area contributed by atoms with Gasteiger partial charge in [0.05, 0.1) is 11.3 Å². The van der Waals surface area contributed by atoms with Crippen molar-refractivity contribution in [2.45, 2.75) is 39.0 Å². The second kappa shape index (κ2) is 4.41. The van der Waals surface area contributed by atoms with E-state index in [0.29, 0.717) is 11.8 Å². The Labute approximate surface area is 113 Å². The third-order valence-corrected chi connectivity index (χ3v) is 4.39. The van der Waals surface area contributed by atoms with Gasteiger partial charge >= 0.3 is 0 Å². The zero-order chi connectivity index (χ0) is 13.5. The van der Waals surface area contributed by atoms with Gasteiger partial charge < -0.3 is 10.3 Å². The quantitative estimate of drug-likeness (QED) is 0.875. The first kappa shape index (κ1) is 12.3. The third-order valence-electron chi connectivity index (χ3n) is 4.39. The zero-order valence-corrected chi connectivity index (χ0v) is 11.5. The largest absolute Gasteiger partial charge is 0.367 e. The van der Waals surface area contributed by atoms with Crippen LogP contribution < -0.4 is 5.73 Å². The predicted octanol–water partition coefficient (Wildman–Crippen LogP) is 4.22. The van der Waals surface area contributed by atoms with Crippen molar-refractivity contribution in [1.29, 1.82) is 0 Å². The molecule has 3 rings (SSSR count). The second-order valence-corrected chi connectivity index (χ2v) is 6.11. The lowest BCUT2D eigenvalue weighted by molar-refractivity contribution is 0.314. The molecule has 1 unspecified atom stereocenters. The van der Waals surface area contributed by atoms with Crippen molar-refractivity contribution in [3.8, 4) is 11.1 Å². The molecule has 1 saturated carbocycles. The molecule has 1 aliphatic rings. The summed E-state index contributed by atoms with van der Waals surface area (Å²) in [5, 5.41) is 4.27. The number of hydrogen-bond donors (Lipinski definition) is 1. The molecule has 3 heteroatoms. The van der Waals surface area contributed by atoms with Crippen molar-refractivity contribution in [3.63, 3.8) is 0 Å². The molecular formula is C16H20N2O. The highest BCUT2D eigenvalue weighted by molar-refractivity contribution is 5.75. The fraction of sp³-hybridized carbons (Fsp3) is 0.438. The monoisotopic (exact) mass is 256 g/mol. The van der Waals surface area contributed by atoms with Gasteiger partial charge in [-0.1, -0.05) is 55.8 Å². The molecule has 1 aromatic heterocycles. The summed E-state index contributed by atoms with van der Waals surface area (Å²) in [5.41, 5.74) is 9.39. The highest BCUT2D eigenvalue weighted by Gasteiger charge is 2.39. The van der Waals surface area contributed by atoms with E-state index in [-0.39, 0.29) is 5.41 Å². The van der Waals surface area contributed by atoms with Gasteiger partial charge in [0.15, 0.2) is 0 Å². The molecule has 0 amide bonds. The van der Waals surface area contributed by atoms with Crippen LogP contribution in [0.25, 0.3) is 11.1 Å². The number of rotatable bonds is 2. The fourth-order valence-electron chi connectivity index (χ4n) is 3.28. The lowest BCUT2D eigenvalue weighted by Gasteiger charge is -2.25. The van der Waals surface area contributed by atoms with E-state index in [0.717, 1.165) is 16.8 Å². The van der Waals surface area contributed by atoms with Gasteiger partial charge in [-0.05, 0) is 23.8 Å². The van der Waals surface area contributed by atoms with Gasteiger partial charge in [0.2, 0.25) is 5.88 Å². The van der Waals surface area contributed by atoms with Gasteiger partial charge in [-0.3, -0.25) is 0 Å². The molecule has 0 bridgehead atoms. The van der Waals surface area contributed by atoms with Crippen molar-refractivity contribution in [1.82, 2.24) is 5.16 Å². The molecule has 19 heavy (non-hydrogen) atoms. The van der Waals surface area contributed by atoms with Crippen LogP contribution in [0.1, 0.15) is 44.7 Å². The van der Waals surface area contributed by atoms with Crippen LogP contribution >= 0.6 is 0 Å². The van der Waals surface area contributed by atoms with Crippen molar-refractivity contribution in [2.24, 2.45) is 5.41 Å². The number of benzene rings is 1. The van der Waals surface area contributed by atoms with E-state index in [1.165, 1.54) is 19.3 Å². The Hall–Kier alpha value is -1.77. The first-order chi connectivity index (χ1) is 9.09. The molecule has 0 saturated heterocycles. The minimum absolute atomic E-state index is 0.271. The number of hydrogen-bond acceptors (Lipinski definition) is 3. The minimum atomic E-state index is 0.271. The molecule has 1 aromatic carbocycles. The standard InChI is InChI=1S/C16H20N2O/c1-16(2)10-6-9-12(16)14-13(15(17)19-18-14)11-7-4-3-5-8-11/h3-5,7-8,12H,6,9-10,17H2,1-2H3. The van der Waals surface area contributed by atoms with Crippen LogP contribution in [-0.2, 0) is 0 Å². The van der Waals surface area contributed by atoms with Gasteiger partial charge in [0.1, 0.15) is 0 Å². The highest BCUT2D eigenvalue weighted by Crippen LogP contribution is 2.51. The summed E-state index contributed by atoms with van der Waals surface area (Å²) in [6.45, 7) is 4.62. The third kappa shape index (κ3) is 2.03. The van der Waals surface area contributed by atoms with Gasteiger partial charge in [0.25, 0.3) is 0 Å². The average molecular weight is 256 g/mol. The topological polar surface area (TPSA) is 52.0 Å². The molecule has 1 fully saturated rings. The maximum Gasteiger partial charge on any atom is 0.230 e. The van der Waals surface area contributed by atoms with E-state index >= 15 is 0 Å². The molecule has 0 spiro atoms. The van der Waals surface area contributed by atoms with Gasteiger partial charge in [-0.15, -0.1) is 0 Å². The smallest absolute Gasteiger partial charge is 0.230 e. The maximum atomic E-state index is 6.00. The molecular weight excluding hydrogens is 236 g/mol. The average Bonchev–Trinajstić information content (AvgIpc) is 2.92. The summed E-state index contributed by atoms with van der Waals surface area (Å²) < 4.78 is 5.28. The second-order valence-electron chi connectivity index (χ2n) is 6.11. The van der Waals surface area contributed by atoms with Gasteiger partial charge in [-0.25, -0.2) is 0 Å². The van der Waals surface area contributed by atoms with Gasteiger partial charge in [-0.2, -0.15) is 0 Å². The van der Waals surface area contributed by atoms with Gasteiger partial charge in [0, 0.05) is 5.92 Å². The van der Waals surface area contributed by atoms with E-state index in [9.17, 15) is 0 Å². The molecule has 3 nitrogen and oxygen atoms in total. The Balaban J connectivity index is 2.09. The summed E-state index contributed by atoms with van der Waals surface area (Å²) in [7, 11) is 0. The Morgan fingerprint density at radius 1 is 1.26 bits per heavy atom. The Bertz CT molecular complexity index is 572. The number of nitrogens with two attached hydrogens (primary N) is 1. The van der Waals surface area contributed by atoms with Crippen LogP contribution in [-0.4, -0.2) is 5.16 Å². The minimum Gasteiger partial charge on any atom is -0.367 e. The first-order valence-corrected chi connectivity index (χ1v) is 6.90.